The molecule has 2 aromatic heterocycles. The minimum absolute atomic E-state index is 0.114. The summed E-state index contributed by atoms with van der Waals surface area (Å²) in [6.07, 6.45) is 1.72. The molecule has 0 spiro atoms. The Labute approximate surface area is 142 Å². The smallest absolute Gasteiger partial charge is 0.271 e. The third-order valence-corrected chi connectivity index (χ3v) is 3.96. The molecule has 0 radical (unpaired) electrons. The lowest BCUT2D eigenvalue weighted by atomic mass is 10.0. The predicted molar refractivity (Wildman–Crippen MR) is 94.0 cm³/mol. The third kappa shape index (κ3) is 3.11. The average molecular weight is 340 g/mol. The molecule has 0 aliphatic heterocycles. The van der Waals surface area contributed by atoms with Gasteiger partial charge in [-0.3, -0.25) is 19.7 Å². The fraction of sp³-hybridized carbons (Fsp3) is 0.235. The van der Waals surface area contributed by atoms with Crippen molar-refractivity contribution in [2.45, 2.75) is 6.42 Å². The van der Waals surface area contributed by atoms with Gasteiger partial charge in [0.15, 0.2) is 11.2 Å². The zero-order chi connectivity index (χ0) is 18.1. The van der Waals surface area contributed by atoms with Gasteiger partial charge in [-0.1, -0.05) is 0 Å². The van der Waals surface area contributed by atoms with Gasteiger partial charge in [0.05, 0.1) is 21.2 Å². The van der Waals surface area contributed by atoms with Crippen LogP contribution in [0, 0.1) is 10.1 Å². The highest BCUT2D eigenvalue weighted by Gasteiger charge is 2.20. The van der Waals surface area contributed by atoms with Crippen molar-refractivity contribution in [3.8, 4) is 0 Å². The number of fused-ring (bicyclic) bond motifs is 2. The van der Waals surface area contributed by atoms with E-state index in [1.807, 2.05) is 19.0 Å². The first-order chi connectivity index (χ1) is 11.9. The number of H-pyrrole nitrogens is 1. The first-order valence-corrected chi connectivity index (χ1v) is 7.65. The molecule has 2 heterocycles. The number of hydrogen-bond donors (Lipinski definition) is 1. The van der Waals surface area contributed by atoms with E-state index < -0.39 is 4.92 Å². The third-order valence-electron chi connectivity index (χ3n) is 3.96. The monoisotopic (exact) mass is 340 g/mol. The molecule has 0 amide bonds. The molecule has 1 aromatic carbocycles. The van der Waals surface area contributed by atoms with E-state index in [0.717, 1.165) is 0 Å². The maximum atomic E-state index is 12.7. The van der Waals surface area contributed by atoms with Crippen LogP contribution in [0.4, 0.5) is 5.69 Å². The number of aromatic nitrogens is 2. The van der Waals surface area contributed by atoms with E-state index in [1.165, 1.54) is 18.3 Å². The topological polar surface area (TPSA) is 109 Å². The van der Waals surface area contributed by atoms with Crippen LogP contribution in [0.1, 0.15) is 16.8 Å². The lowest BCUT2D eigenvalue weighted by Crippen LogP contribution is -2.17. The van der Waals surface area contributed by atoms with Gasteiger partial charge in [-0.05, 0) is 26.2 Å². The van der Waals surface area contributed by atoms with Crippen molar-refractivity contribution in [1.82, 2.24) is 14.9 Å². The van der Waals surface area contributed by atoms with Crippen molar-refractivity contribution >= 4 is 33.4 Å². The number of hydrogen-bond acceptors (Lipinski definition) is 6. The van der Waals surface area contributed by atoms with Crippen LogP contribution in [0.25, 0.3) is 21.9 Å². The Morgan fingerprint density at radius 2 is 2.08 bits per heavy atom. The first kappa shape index (κ1) is 16.7. The Kier molecular flexibility index (Phi) is 4.28. The molecular weight excluding hydrogens is 324 g/mol. The molecule has 0 aliphatic rings. The molecule has 0 bridgehead atoms. The molecule has 25 heavy (non-hydrogen) atoms. The summed E-state index contributed by atoms with van der Waals surface area (Å²) >= 11 is 0. The van der Waals surface area contributed by atoms with Crippen molar-refractivity contribution in [1.29, 1.82) is 0 Å². The van der Waals surface area contributed by atoms with E-state index in [2.05, 4.69) is 9.97 Å². The van der Waals surface area contributed by atoms with Crippen LogP contribution >= 0.6 is 0 Å². The van der Waals surface area contributed by atoms with Gasteiger partial charge in [0.25, 0.3) is 5.69 Å². The summed E-state index contributed by atoms with van der Waals surface area (Å²) in [6.45, 7) is 0.499. The van der Waals surface area contributed by atoms with E-state index in [4.69, 9.17) is 0 Å². The summed E-state index contributed by atoms with van der Waals surface area (Å²) in [5.41, 5.74) is 0.0911. The Morgan fingerprint density at radius 1 is 1.32 bits per heavy atom. The van der Waals surface area contributed by atoms with Gasteiger partial charge in [-0.2, -0.15) is 0 Å². The number of nitrogens with one attached hydrogen (secondary N) is 1. The van der Waals surface area contributed by atoms with Crippen molar-refractivity contribution in [2.75, 3.05) is 20.6 Å². The summed E-state index contributed by atoms with van der Waals surface area (Å²) in [7, 11) is 3.66. The van der Waals surface area contributed by atoms with E-state index in [1.54, 1.807) is 12.1 Å². The molecule has 0 aliphatic carbocycles. The Morgan fingerprint density at radius 3 is 2.76 bits per heavy atom. The highest BCUT2D eigenvalue weighted by Crippen LogP contribution is 2.25. The first-order valence-electron chi connectivity index (χ1n) is 7.65. The molecular formula is C17H16N4O4. The van der Waals surface area contributed by atoms with Crippen molar-refractivity contribution < 1.29 is 9.72 Å². The van der Waals surface area contributed by atoms with Crippen LogP contribution < -0.4 is 5.43 Å². The van der Waals surface area contributed by atoms with Crippen LogP contribution in [-0.4, -0.2) is 46.2 Å². The summed E-state index contributed by atoms with van der Waals surface area (Å²) in [5.74, 6) is -0.270. The van der Waals surface area contributed by atoms with Crippen molar-refractivity contribution in [3.05, 3.63) is 56.4 Å². The number of benzene rings is 1. The van der Waals surface area contributed by atoms with Gasteiger partial charge >= 0.3 is 0 Å². The Balaban J connectivity index is 2.31. The number of non-ortho nitro benzene ring substituents is 1. The number of pyridine rings is 2. The highest BCUT2D eigenvalue weighted by molar-refractivity contribution is 6.09. The second-order valence-electron chi connectivity index (χ2n) is 6.00. The van der Waals surface area contributed by atoms with Crippen LogP contribution in [-0.2, 0) is 0 Å². The van der Waals surface area contributed by atoms with Crippen LogP contribution in [0.2, 0.25) is 0 Å². The number of carbonyl (C=O) groups is 1. The van der Waals surface area contributed by atoms with E-state index in [0.29, 0.717) is 17.6 Å². The molecule has 8 nitrogen and oxygen atoms in total. The molecule has 3 aromatic rings. The largest absolute Gasteiger partial charge is 0.338 e. The molecule has 0 atom stereocenters. The van der Waals surface area contributed by atoms with Crippen LogP contribution in [0.15, 0.2) is 35.3 Å². The van der Waals surface area contributed by atoms with E-state index in [9.17, 15) is 19.7 Å². The van der Waals surface area contributed by atoms with Crippen molar-refractivity contribution in [2.24, 2.45) is 0 Å². The number of Topliss-reactive ketones (excluding diaryl/α,β-unsaturated/α-hetero) is 1. The fourth-order valence-electron chi connectivity index (χ4n) is 2.68. The van der Waals surface area contributed by atoms with Crippen LogP contribution in [0.5, 0.6) is 0 Å². The minimum atomic E-state index is -0.602. The summed E-state index contributed by atoms with van der Waals surface area (Å²) in [6, 6.07) is 5.62. The van der Waals surface area contributed by atoms with E-state index >= 15 is 0 Å². The number of carbonyl (C=O) groups excluding carboxylic acids is 1. The molecule has 0 fully saturated rings. The number of nitrogens with zero attached hydrogens (tertiary/aromatic N) is 3. The molecule has 0 saturated heterocycles. The number of aromatic amines is 1. The molecule has 3 rings (SSSR count). The zero-order valence-corrected chi connectivity index (χ0v) is 13.8. The van der Waals surface area contributed by atoms with Gasteiger partial charge < -0.3 is 9.88 Å². The highest BCUT2D eigenvalue weighted by atomic mass is 16.6. The summed E-state index contributed by atoms with van der Waals surface area (Å²) < 4.78 is 0. The van der Waals surface area contributed by atoms with Gasteiger partial charge in [0, 0.05) is 36.9 Å². The number of ketones is 1. The Bertz CT molecular complexity index is 1060. The lowest BCUT2D eigenvalue weighted by Gasteiger charge is -2.10. The second kappa shape index (κ2) is 6.40. The number of nitro benzene ring substituents is 1. The van der Waals surface area contributed by atoms with Gasteiger partial charge in [0.2, 0.25) is 0 Å². The fourth-order valence-corrected chi connectivity index (χ4v) is 2.68. The Hall–Kier alpha value is -3.13. The van der Waals surface area contributed by atoms with Crippen molar-refractivity contribution in [3.63, 3.8) is 0 Å². The van der Waals surface area contributed by atoms with Gasteiger partial charge in [-0.25, -0.2) is 4.98 Å². The molecule has 1 N–H and O–H groups in total. The summed E-state index contributed by atoms with van der Waals surface area (Å²) in [4.78, 5) is 44.9. The SMILES string of the molecule is CN(C)CCC(=O)c1cc([N+](=O)[O-])cc2c(=O)c3cccnc3[nH]c12. The molecule has 0 saturated carbocycles. The molecule has 8 heteroatoms. The average Bonchev–Trinajstić information content (AvgIpc) is 2.59. The number of nitro groups is 1. The van der Waals surface area contributed by atoms with Gasteiger partial charge in [-0.15, -0.1) is 0 Å². The second-order valence-corrected chi connectivity index (χ2v) is 6.00. The molecule has 128 valence electrons. The maximum Gasteiger partial charge on any atom is 0.271 e. The number of rotatable bonds is 5. The lowest BCUT2D eigenvalue weighted by molar-refractivity contribution is -0.384. The predicted octanol–water partition coefficient (Wildman–Crippen LogP) is 2.12. The maximum absolute atomic E-state index is 12.7. The van der Waals surface area contributed by atoms with Gasteiger partial charge in [0.1, 0.15) is 5.65 Å². The standard InChI is InChI=1S/C17H16N4O4/c1-20(2)7-5-14(22)12-8-10(21(24)25)9-13-15(12)19-17-11(16(13)23)4-3-6-18-17/h3-4,6,8-9H,5,7H2,1-2H3,(H,18,19,23). The minimum Gasteiger partial charge on any atom is -0.338 e. The van der Waals surface area contributed by atoms with E-state index in [-0.39, 0.29) is 39.8 Å². The molecule has 0 unspecified atom stereocenters. The summed E-state index contributed by atoms with van der Waals surface area (Å²) in [5, 5.41) is 11.7. The zero-order valence-electron chi connectivity index (χ0n) is 13.8. The van der Waals surface area contributed by atoms with Crippen LogP contribution in [0.3, 0.4) is 0 Å². The quantitative estimate of drug-likeness (QED) is 0.330. The normalized spacial score (nSPS) is 11.3.